The Morgan fingerprint density at radius 3 is 2.50 bits per heavy atom. The fourth-order valence-corrected chi connectivity index (χ4v) is 4.17. The average molecular weight is 360 g/mol. The molecule has 0 aliphatic heterocycles. The Bertz CT molecular complexity index is 998. The lowest BCUT2D eigenvalue weighted by atomic mass is 10.0. The molecule has 1 fully saturated rings. The molecule has 3 nitrogen and oxygen atoms in total. The van der Waals surface area contributed by atoms with Crippen molar-refractivity contribution in [3.63, 3.8) is 0 Å². The van der Waals surface area contributed by atoms with Crippen LogP contribution in [0.5, 0.6) is 0 Å². The Hall–Kier alpha value is -2.50. The summed E-state index contributed by atoms with van der Waals surface area (Å²) >= 11 is 0. The molecule has 1 aliphatic rings. The zero-order valence-electron chi connectivity index (χ0n) is 14.1. The van der Waals surface area contributed by atoms with Gasteiger partial charge >= 0.3 is 6.18 Å². The molecule has 1 heterocycles. The zero-order valence-corrected chi connectivity index (χ0v) is 14.1. The molecule has 136 valence electrons. The van der Waals surface area contributed by atoms with Crippen LogP contribution in [-0.2, 0) is 12.7 Å². The molecule has 1 saturated carbocycles. The lowest BCUT2D eigenvalue weighted by Crippen LogP contribution is -2.11. The van der Waals surface area contributed by atoms with E-state index < -0.39 is 17.6 Å². The number of carbonyl (C=O) groups is 1. The molecule has 0 spiro atoms. The summed E-state index contributed by atoms with van der Waals surface area (Å²) in [6.07, 6.45) is 0.0604. The van der Waals surface area contributed by atoms with Crippen LogP contribution >= 0.6 is 0 Å². The lowest BCUT2D eigenvalue weighted by molar-refractivity contribution is -0.137. The third-order valence-corrected chi connectivity index (χ3v) is 5.40. The maximum absolute atomic E-state index is 13.2. The molecule has 0 atom stereocenters. The Morgan fingerprint density at radius 1 is 1.12 bits per heavy atom. The van der Waals surface area contributed by atoms with Crippen molar-refractivity contribution in [3.8, 4) is 0 Å². The van der Waals surface area contributed by atoms with Crippen molar-refractivity contribution < 1.29 is 18.0 Å². The van der Waals surface area contributed by atoms with E-state index in [0.717, 1.165) is 37.3 Å². The minimum atomic E-state index is -4.41. The number of carbonyl (C=O) groups excluding carboxylic acids is 1. The van der Waals surface area contributed by atoms with E-state index in [0.29, 0.717) is 34.3 Å². The van der Waals surface area contributed by atoms with E-state index in [1.807, 2.05) is 10.6 Å². The number of amides is 1. The fraction of sp³-hybridized carbons (Fsp3) is 0.350. The van der Waals surface area contributed by atoms with Crippen LogP contribution in [0.15, 0.2) is 36.4 Å². The highest BCUT2D eigenvalue weighted by Gasteiger charge is 2.31. The van der Waals surface area contributed by atoms with Gasteiger partial charge in [0.25, 0.3) is 0 Å². The van der Waals surface area contributed by atoms with Gasteiger partial charge in [-0.2, -0.15) is 13.2 Å². The third kappa shape index (κ3) is 2.73. The normalized spacial score (nSPS) is 16.0. The van der Waals surface area contributed by atoms with Crippen LogP contribution in [0.2, 0.25) is 0 Å². The Kier molecular flexibility index (Phi) is 3.93. The summed E-state index contributed by atoms with van der Waals surface area (Å²) in [6.45, 7) is 0.656. The standard InChI is InChI=1S/C20H19F3N2O/c21-20(22,23)13-8-9-14-17(10-13)25(11-12-4-1-2-5-12)16-7-3-6-15(18(14)16)19(24)26/h3,6-10,12H,1-2,4-5,11H2,(H2,24,26). The molecule has 0 bridgehead atoms. The molecule has 2 aromatic carbocycles. The molecule has 0 saturated heterocycles. The lowest BCUT2D eigenvalue weighted by Gasteiger charge is -2.14. The Labute approximate surface area is 148 Å². The highest BCUT2D eigenvalue weighted by Crippen LogP contribution is 2.38. The predicted molar refractivity (Wildman–Crippen MR) is 94.9 cm³/mol. The van der Waals surface area contributed by atoms with Crippen LogP contribution in [0.3, 0.4) is 0 Å². The van der Waals surface area contributed by atoms with E-state index in [9.17, 15) is 18.0 Å². The van der Waals surface area contributed by atoms with Gasteiger partial charge in [0.1, 0.15) is 0 Å². The fourth-order valence-electron chi connectivity index (χ4n) is 4.17. The summed E-state index contributed by atoms with van der Waals surface area (Å²) in [5.74, 6) is -0.129. The van der Waals surface area contributed by atoms with E-state index in [4.69, 9.17) is 5.73 Å². The maximum atomic E-state index is 13.2. The topological polar surface area (TPSA) is 48.0 Å². The smallest absolute Gasteiger partial charge is 0.366 e. The van der Waals surface area contributed by atoms with E-state index in [1.165, 1.54) is 12.1 Å². The van der Waals surface area contributed by atoms with Gasteiger partial charge in [0.2, 0.25) is 5.91 Å². The first kappa shape index (κ1) is 16.9. The van der Waals surface area contributed by atoms with E-state index >= 15 is 0 Å². The van der Waals surface area contributed by atoms with Crippen LogP contribution in [0.4, 0.5) is 13.2 Å². The number of nitrogens with zero attached hydrogens (tertiary/aromatic N) is 1. The molecule has 0 unspecified atom stereocenters. The third-order valence-electron chi connectivity index (χ3n) is 5.40. The second-order valence-electron chi connectivity index (χ2n) is 7.05. The summed E-state index contributed by atoms with van der Waals surface area (Å²) in [4.78, 5) is 11.9. The van der Waals surface area contributed by atoms with Gasteiger partial charge in [-0.05, 0) is 43.0 Å². The molecule has 6 heteroatoms. The molecule has 1 amide bonds. The molecule has 0 radical (unpaired) electrons. The molecular formula is C20H19F3N2O. The van der Waals surface area contributed by atoms with Gasteiger partial charge in [-0.15, -0.1) is 0 Å². The molecule has 26 heavy (non-hydrogen) atoms. The number of rotatable bonds is 3. The maximum Gasteiger partial charge on any atom is 0.416 e. The summed E-state index contributed by atoms with van der Waals surface area (Å²) in [7, 11) is 0. The Morgan fingerprint density at radius 2 is 1.85 bits per heavy atom. The van der Waals surface area contributed by atoms with Gasteiger partial charge in [-0.3, -0.25) is 4.79 Å². The number of benzene rings is 2. The van der Waals surface area contributed by atoms with Gasteiger partial charge in [0, 0.05) is 33.9 Å². The summed E-state index contributed by atoms with van der Waals surface area (Å²) < 4.78 is 41.6. The first-order valence-corrected chi connectivity index (χ1v) is 8.78. The number of alkyl halides is 3. The summed E-state index contributed by atoms with van der Waals surface area (Å²) in [6, 6.07) is 8.93. The average Bonchev–Trinajstić information content (AvgIpc) is 3.21. The Balaban J connectivity index is 2.02. The number of hydrogen-bond donors (Lipinski definition) is 1. The minimum Gasteiger partial charge on any atom is -0.366 e. The van der Waals surface area contributed by atoms with Crippen molar-refractivity contribution >= 4 is 27.7 Å². The number of halogens is 3. The van der Waals surface area contributed by atoms with Crippen LogP contribution in [-0.4, -0.2) is 10.5 Å². The van der Waals surface area contributed by atoms with E-state index in [2.05, 4.69) is 0 Å². The summed E-state index contributed by atoms with van der Waals surface area (Å²) in [5.41, 5.74) is 6.46. The van der Waals surface area contributed by atoms with Crippen LogP contribution in [0.1, 0.15) is 41.6 Å². The van der Waals surface area contributed by atoms with Gasteiger partial charge in [0.05, 0.1) is 5.56 Å². The van der Waals surface area contributed by atoms with Gasteiger partial charge in [0.15, 0.2) is 0 Å². The van der Waals surface area contributed by atoms with Crippen molar-refractivity contribution in [1.29, 1.82) is 0 Å². The molecule has 4 rings (SSSR count). The highest BCUT2D eigenvalue weighted by atomic mass is 19.4. The van der Waals surface area contributed by atoms with Crippen molar-refractivity contribution in [2.45, 2.75) is 38.4 Å². The van der Waals surface area contributed by atoms with Gasteiger partial charge in [-0.25, -0.2) is 0 Å². The predicted octanol–water partition coefficient (Wildman–Crippen LogP) is 5.10. The van der Waals surface area contributed by atoms with Crippen molar-refractivity contribution in [3.05, 3.63) is 47.5 Å². The number of aromatic nitrogens is 1. The number of fused-ring (bicyclic) bond motifs is 3. The highest BCUT2D eigenvalue weighted by molar-refractivity contribution is 6.17. The van der Waals surface area contributed by atoms with Crippen molar-refractivity contribution in [2.24, 2.45) is 11.7 Å². The number of primary amides is 1. The molecular weight excluding hydrogens is 341 g/mol. The SMILES string of the molecule is NC(=O)c1cccc2c1c1ccc(C(F)(F)F)cc1n2CC1CCCC1. The monoisotopic (exact) mass is 360 g/mol. The number of nitrogens with two attached hydrogens (primary N) is 1. The van der Waals surface area contributed by atoms with E-state index in [1.54, 1.807) is 12.1 Å². The number of hydrogen-bond acceptors (Lipinski definition) is 1. The van der Waals surface area contributed by atoms with Crippen molar-refractivity contribution in [1.82, 2.24) is 4.57 Å². The molecule has 3 aromatic rings. The van der Waals surface area contributed by atoms with Crippen LogP contribution in [0, 0.1) is 5.92 Å². The molecule has 1 aliphatic carbocycles. The zero-order chi connectivity index (χ0) is 18.5. The first-order valence-electron chi connectivity index (χ1n) is 8.78. The van der Waals surface area contributed by atoms with Gasteiger partial charge in [-0.1, -0.05) is 25.0 Å². The molecule has 2 N–H and O–H groups in total. The first-order chi connectivity index (χ1) is 12.4. The van der Waals surface area contributed by atoms with Gasteiger partial charge < -0.3 is 10.3 Å². The quantitative estimate of drug-likeness (QED) is 0.694. The van der Waals surface area contributed by atoms with Crippen LogP contribution < -0.4 is 5.73 Å². The molecule has 1 aromatic heterocycles. The van der Waals surface area contributed by atoms with Crippen molar-refractivity contribution in [2.75, 3.05) is 0 Å². The second kappa shape index (κ2) is 6.04. The minimum absolute atomic E-state index is 0.345. The van der Waals surface area contributed by atoms with Crippen LogP contribution in [0.25, 0.3) is 21.8 Å². The van der Waals surface area contributed by atoms with E-state index in [-0.39, 0.29) is 0 Å². The summed E-state index contributed by atoms with van der Waals surface area (Å²) in [5, 5.41) is 1.28. The second-order valence-corrected chi connectivity index (χ2v) is 7.05. The largest absolute Gasteiger partial charge is 0.416 e.